The van der Waals surface area contributed by atoms with Crippen molar-refractivity contribution in [3.05, 3.63) is 112 Å². The first kappa shape index (κ1) is 43.5. The van der Waals surface area contributed by atoms with Gasteiger partial charge in [0.1, 0.15) is 27.7 Å². The summed E-state index contributed by atoms with van der Waals surface area (Å²) >= 11 is 1.32. The summed E-state index contributed by atoms with van der Waals surface area (Å²) in [6, 6.07) is 18.2. The van der Waals surface area contributed by atoms with Crippen molar-refractivity contribution in [1.82, 2.24) is 14.8 Å². The normalized spacial score (nSPS) is 12.4. The van der Waals surface area contributed by atoms with Gasteiger partial charge in [-0.05, 0) is 73.5 Å². The molecule has 6 N–H and O–H groups in total. The molecule has 0 atom stereocenters. The molecule has 0 saturated carbocycles. The highest BCUT2D eigenvalue weighted by Crippen LogP contribution is 2.43. The Kier molecular flexibility index (Phi) is 12.0. The maximum atomic E-state index is 13.2. The highest BCUT2D eigenvalue weighted by molar-refractivity contribution is 7.86. The number of aryl methyl sites for hydroxylation is 1. The van der Waals surface area contributed by atoms with Crippen LogP contribution < -0.4 is 10.3 Å². The average molecular weight is 916 g/mol. The molecule has 0 radical (unpaired) electrons. The van der Waals surface area contributed by atoms with E-state index in [2.05, 4.69) is 40.8 Å². The number of aromatic amines is 1. The summed E-state index contributed by atoms with van der Waals surface area (Å²) in [6.07, 6.45) is 0.951. The number of aromatic nitrogens is 3. The molecular formula is C38H29N9O13S3. The molecule has 22 nitrogen and oxygen atoms in total. The van der Waals surface area contributed by atoms with Crippen LogP contribution in [0.3, 0.4) is 0 Å². The Bertz CT molecular complexity index is 3310. The first-order chi connectivity index (χ1) is 29.9. The fourth-order valence-corrected chi connectivity index (χ4v) is 8.08. The highest BCUT2D eigenvalue weighted by Gasteiger charge is 2.23. The number of H-pyrrole nitrogens is 1. The minimum absolute atomic E-state index is 0.0786. The number of ether oxygens (including phenoxy) is 1. The molecule has 2 aromatic heterocycles. The Morgan fingerprint density at radius 1 is 0.778 bits per heavy atom. The van der Waals surface area contributed by atoms with Gasteiger partial charge in [0.05, 0.1) is 51.3 Å². The summed E-state index contributed by atoms with van der Waals surface area (Å²) in [5.74, 6) is -3.98. The maximum Gasteiger partial charge on any atom is 0.335 e. The van der Waals surface area contributed by atoms with E-state index in [1.165, 1.54) is 35.6 Å². The fourth-order valence-electron chi connectivity index (χ4n) is 5.98. The standard InChI is InChI=1S/C38H29N9O13S3/c1-19-13-29(31(60-11-4-12-62(54,55)56)17-28(19)43-46-38-40-25-5-2-3-6-32(25)61-38)44-41-26-9-8-24-23(33(26)48)7-10-27(34(24)63(57,58)59)42-45-30-18-39-47(35(30)49)22-15-20(36(50)51)14-21(16-22)37(52)53/h2-3,5-10,13-18,39,48H,4,11-12H2,1H3,(H,50,51)(H,52,53)(H,54,55,56)(H,57,58,59). The molecule has 2 heterocycles. The van der Waals surface area contributed by atoms with Crippen LogP contribution in [0.25, 0.3) is 26.7 Å². The summed E-state index contributed by atoms with van der Waals surface area (Å²) in [5.41, 5.74) is -1.24. The second-order valence-electron chi connectivity index (χ2n) is 13.3. The van der Waals surface area contributed by atoms with Crippen LogP contribution in [0.2, 0.25) is 0 Å². The lowest BCUT2D eigenvalue weighted by Gasteiger charge is -2.11. The van der Waals surface area contributed by atoms with Gasteiger partial charge in [-0.15, -0.1) is 30.7 Å². The van der Waals surface area contributed by atoms with Gasteiger partial charge in [-0.2, -0.15) is 16.8 Å². The summed E-state index contributed by atoms with van der Waals surface area (Å²) in [7, 11) is -9.37. The molecule has 7 aromatic rings. The van der Waals surface area contributed by atoms with E-state index in [1.807, 2.05) is 24.3 Å². The Labute approximate surface area is 357 Å². The minimum Gasteiger partial charge on any atom is -0.505 e. The smallest absolute Gasteiger partial charge is 0.335 e. The van der Waals surface area contributed by atoms with Crippen molar-refractivity contribution < 1.29 is 55.6 Å². The predicted octanol–water partition coefficient (Wildman–Crippen LogP) is 8.49. The third-order valence-electron chi connectivity index (χ3n) is 8.90. The number of nitrogens with one attached hydrogen (secondary N) is 1. The Morgan fingerprint density at radius 2 is 1.41 bits per heavy atom. The van der Waals surface area contributed by atoms with Crippen molar-refractivity contribution in [2.45, 2.75) is 18.2 Å². The van der Waals surface area contributed by atoms with E-state index in [1.54, 1.807) is 13.0 Å². The van der Waals surface area contributed by atoms with Crippen LogP contribution in [0.5, 0.6) is 11.5 Å². The lowest BCUT2D eigenvalue weighted by molar-refractivity contribution is 0.0696. The quantitative estimate of drug-likeness (QED) is 0.0319. The molecule has 25 heteroatoms. The number of phenols is 1. The van der Waals surface area contributed by atoms with E-state index in [-0.39, 0.29) is 46.6 Å². The molecule has 0 spiro atoms. The second kappa shape index (κ2) is 17.4. The molecule has 63 heavy (non-hydrogen) atoms. The lowest BCUT2D eigenvalue weighted by Crippen LogP contribution is -2.16. The molecule has 0 aliphatic heterocycles. The van der Waals surface area contributed by atoms with Crippen LogP contribution in [0.1, 0.15) is 32.7 Å². The molecule has 0 fully saturated rings. The third kappa shape index (κ3) is 9.82. The largest absolute Gasteiger partial charge is 0.505 e. The van der Waals surface area contributed by atoms with Crippen LogP contribution in [0.4, 0.5) is 33.6 Å². The molecule has 7 rings (SSSR count). The van der Waals surface area contributed by atoms with E-state index in [0.29, 0.717) is 16.4 Å². The first-order valence-electron chi connectivity index (χ1n) is 17.9. The van der Waals surface area contributed by atoms with Crippen molar-refractivity contribution in [1.29, 1.82) is 0 Å². The van der Waals surface area contributed by atoms with E-state index < -0.39 is 76.6 Å². The molecule has 0 saturated heterocycles. The monoisotopic (exact) mass is 915 g/mol. The summed E-state index contributed by atoms with van der Waals surface area (Å²) in [4.78, 5) is 39.9. The number of benzene rings is 5. The molecule has 0 aliphatic carbocycles. The van der Waals surface area contributed by atoms with E-state index in [0.717, 1.165) is 45.4 Å². The van der Waals surface area contributed by atoms with Gasteiger partial charge in [0.2, 0.25) is 5.13 Å². The number of carboxylic acids is 2. The van der Waals surface area contributed by atoms with Gasteiger partial charge in [-0.3, -0.25) is 19.0 Å². The van der Waals surface area contributed by atoms with Crippen LogP contribution >= 0.6 is 11.3 Å². The molecule has 0 aliphatic rings. The van der Waals surface area contributed by atoms with Crippen LogP contribution in [0, 0.1) is 6.92 Å². The van der Waals surface area contributed by atoms with Gasteiger partial charge >= 0.3 is 11.9 Å². The van der Waals surface area contributed by atoms with Crippen molar-refractivity contribution in [3.8, 4) is 17.2 Å². The molecular weight excluding hydrogens is 887 g/mol. The van der Waals surface area contributed by atoms with Gasteiger partial charge in [0, 0.05) is 16.8 Å². The van der Waals surface area contributed by atoms with E-state index in [4.69, 9.17) is 9.29 Å². The summed E-state index contributed by atoms with van der Waals surface area (Å²) in [5, 5.41) is 57.2. The van der Waals surface area contributed by atoms with E-state index >= 15 is 0 Å². The van der Waals surface area contributed by atoms with Gasteiger partial charge in [-0.25, -0.2) is 19.3 Å². The number of aromatic carboxylic acids is 2. The Hall–Kier alpha value is -7.58. The van der Waals surface area contributed by atoms with Crippen molar-refractivity contribution >= 4 is 98.1 Å². The topological polar surface area (TPSA) is 338 Å². The molecule has 322 valence electrons. The second-order valence-corrected chi connectivity index (χ2v) is 17.2. The van der Waals surface area contributed by atoms with Gasteiger partial charge in [0.25, 0.3) is 25.8 Å². The van der Waals surface area contributed by atoms with Gasteiger partial charge < -0.3 is 20.1 Å². The number of aromatic hydroxyl groups is 1. The van der Waals surface area contributed by atoms with Crippen LogP contribution in [-0.2, 0) is 20.2 Å². The number of hydrogen-bond acceptors (Lipinski definition) is 17. The number of fused-ring (bicyclic) bond motifs is 2. The number of carbonyl (C=O) groups is 2. The molecule has 0 amide bonds. The van der Waals surface area contributed by atoms with Crippen LogP contribution in [-0.4, -0.2) is 80.3 Å². The number of azo groups is 3. The maximum absolute atomic E-state index is 13.2. The van der Waals surface area contributed by atoms with E-state index in [9.17, 15) is 51.1 Å². The number of nitrogens with zero attached hydrogens (tertiary/aromatic N) is 8. The number of para-hydroxylation sites is 1. The summed E-state index contributed by atoms with van der Waals surface area (Å²) in [6.45, 7) is 1.53. The number of rotatable bonds is 15. The predicted molar refractivity (Wildman–Crippen MR) is 226 cm³/mol. The fraction of sp³-hybridized carbons (Fsp3) is 0.105. The van der Waals surface area contributed by atoms with Crippen LogP contribution in [0.15, 0.2) is 125 Å². The number of thiazole rings is 1. The lowest BCUT2D eigenvalue weighted by atomic mass is 10.1. The average Bonchev–Trinajstić information content (AvgIpc) is 3.82. The van der Waals surface area contributed by atoms with Crippen molar-refractivity contribution in [2.75, 3.05) is 12.4 Å². The number of hydrogen-bond donors (Lipinski definition) is 6. The van der Waals surface area contributed by atoms with Crippen molar-refractivity contribution in [3.63, 3.8) is 0 Å². The number of carboxylic acid groups (broad SMARTS) is 2. The minimum atomic E-state index is -5.10. The first-order valence-corrected chi connectivity index (χ1v) is 21.7. The van der Waals surface area contributed by atoms with Crippen molar-refractivity contribution in [2.24, 2.45) is 30.7 Å². The SMILES string of the molecule is Cc1cc(N=Nc2ccc3c(S(=O)(=O)O)c(N=Nc4c[nH]n(-c5cc(C(=O)O)cc(C(=O)O)c5)c4=O)ccc3c2O)c(OCCCS(=O)(=O)O)cc1N=Nc1nc2ccccc2s1. The van der Waals surface area contributed by atoms with Gasteiger partial charge in [-0.1, -0.05) is 29.5 Å². The zero-order valence-corrected chi connectivity index (χ0v) is 34.5. The Balaban J connectivity index is 1.20. The zero-order chi connectivity index (χ0) is 45.2. The Morgan fingerprint density at radius 3 is 2.10 bits per heavy atom. The third-order valence-corrected chi connectivity index (χ3v) is 11.6. The molecule has 5 aromatic carbocycles. The molecule has 0 bridgehead atoms. The molecule has 0 unspecified atom stereocenters. The summed E-state index contributed by atoms with van der Waals surface area (Å²) < 4.78 is 75.0. The zero-order valence-electron chi connectivity index (χ0n) is 32.0. The highest BCUT2D eigenvalue weighted by atomic mass is 32.2. The number of phenolic OH excluding ortho intramolecular Hbond substituents is 1. The van der Waals surface area contributed by atoms with Gasteiger partial charge in [0.15, 0.2) is 11.4 Å².